The number of benzene rings is 3. The minimum atomic E-state index is -1.63. The van der Waals surface area contributed by atoms with Crippen molar-refractivity contribution in [1.29, 1.82) is 0 Å². The molecule has 1 N–H and O–H groups in total. The SMILES string of the molecule is O=C1[C@H]2C3c4ccccc4C(C(=O)O)(c4ccccc43)[C@H]2C(=O)N1c1ccccc1Cl. The van der Waals surface area contributed by atoms with E-state index in [0.717, 1.165) is 16.0 Å². The molecule has 0 aromatic heterocycles. The normalized spacial score (nSPS) is 27.6. The number of imide groups is 1. The topological polar surface area (TPSA) is 74.7 Å². The molecule has 2 amide bonds. The average molecular weight is 430 g/mol. The predicted octanol–water partition coefficient (Wildman–Crippen LogP) is 3.98. The van der Waals surface area contributed by atoms with Crippen molar-refractivity contribution in [3.63, 3.8) is 0 Å². The summed E-state index contributed by atoms with van der Waals surface area (Å²) in [5.41, 5.74) is 1.44. The van der Waals surface area contributed by atoms with E-state index >= 15 is 0 Å². The number of anilines is 1. The van der Waals surface area contributed by atoms with Crippen molar-refractivity contribution in [2.45, 2.75) is 11.3 Å². The van der Waals surface area contributed by atoms with Crippen LogP contribution in [-0.2, 0) is 19.8 Å². The summed E-state index contributed by atoms with van der Waals surface area (Å²) in [4.78, 5) is 41.7. The van der Waals surface area contributed by atoms with Crippen molar-refractivity contribution in [2.75, 3.05) is 4.90 Å². The fourth-order valence-electron chi connectivity index (χ4n) is 6.01. The first-order valence-corrected chi connectivity index (χ1v) is 10.4. The van der Waals surface area contributed by atoms with Crippen LogP contribution in [0.15, 0.2) is 72.8 Å². The zero-order valence-electron chi connectivity index (χ0n) is 16.2. The molecule has 1 saturated heterocycles. The van der Waals surface area contributed by atoms with Gasteiger partial charge in [0.25, 0.3) is 0 Å². The van der Waals surface area contributed by atoms with Crippen LogP contribution in [0, 0.1) is 11.8 Å². The number of halogens is 1. The van der Waals surface area contributed by atoms with Crippen LogP contribution in [0.4, 0.5) is 5.69 Å². The van der Waals surface area contributed by atoms with Crippen LogP contribution in [0.1, 0.15) is 28.2 Å². The Balaban J connectivity index is 1.69. The Bertz CT molecular complexity index is 1270. The monoisotopic (exact) mass is 429 g/mol. The van der Waals surface area contributed by atoms with E-state index in [1.54, 1.807) is 48.5 Å². The molecule has 5 nitrogen and oxygen atoms in total. The maximum Gasteiger partial charge on any atom is 0.319 e. The highest BCUT2D eigenvalue weighted by molar-refractivity contribution is 6.36. The highest BCUT2D eigenvalue weighted by Crippen LogP contribution is 2.64. The third kappa shape index (κ3) is 2.00. The van der Waals surface area contributed by atoms with Gasteiger partial charge in [-0.3, -0.25) is 14.4 Å². The summed E-state index contributed by atoms with van der Waals surface area (Å²) in [6, 6.07) is 21.2. The van der Waals surface area contributed by atoms with Crippen molar-refractivity contribution in [3.05, 3.63) is 100 Å². The largest absolute Gasteiger partial charge is 0.480 e. The van der Waals surface area contributed by atoms with Crippen molar-refractivity contribution in [2.24, 2.45) is 11.8 Å². The predicted molar refractivity (Wildman–Crippen MR) is 114 cm³/mol. The van der Waals surface area contributed by atoms with E-state index in [1.165, 1.54) is 0 Å². The van der Waals surface area contributed by atoms with Crippen LogP contribution in [-0.4, -0.2) is 22.9 Å². The van der Waals surface area contributed by atoms with Gasteiger partial charge in [-0.1, -0.05) is 72.3 Å². The molecule has 2 bridgehead atoms. The molecule has 3 aromatic carbocycles. The van der Waals surface area contributed by atoms with Crippen molar-refractivity contribution >= 4 is 35.1 Å². The lowest BCUT2D eigenvalue weighted by Crippen LogP contribution is -2.57. The van der Waals surface area contributed by atoms with Crippen molar-refractivity contribution in [3.8, 4) is 0 Å². The highest BCUT2D eigenvalue weighted by Gasteiger charge is 2.71. The van der Waals surface area contributed by atoms with Gasteiger partial charge in [-0.25, -0.2) is 4.90 Å². The molecule has 0 spiro atoms. The van der Waals surface area contributed by atoms with E-state index in [-0.39, 0.29) is 10.9 Å². The Hall–Kier alpha value is -3.44. The van der Waals surface area contributed by atoms with E-state index in [4.69, 9.17) is 11.6 Å². The maximum absolute atomic E-state index is 13.8. The summed E-state index contributed by atoms with van der Waals surface area (Å²) in [6.45, 7) is 0. The van der Waals surface area contributed by atoms with Crippen molar-refractivity contribution in [1.82, 2.24) is 0 Å². The molecule has 3 aliphatic carbocycles. The fraction of sp³-hybridized carbons (Fsp3) is 0.160. The number of carbonyl (C=O) groups is 3. The second-order valence-corrected chi connectivity index (χ2v) is 8.64. The summed E-state index contributed by atoms with van der Waals surface area (Å²) in [6.07, 6.45) is 0. The first kappa shape index (κ1) is 18.3. The molecule has 152 valence electrons. The van der Waals surface area contributed by atoms with Gasteiger partial charge in [0, 0.05) is 5.92 Å². The summed E-state index contributed by atoms with van der Waals surface area (Å²) in [5, 5.41) is 10.9. The summed E-state index contributed by atoms with van der Waals surface area (Å²) in [7, 11) is 0. The number of hydrogen-bond donors (Lipinski definition) is 1. The lowest BCUT2D eigenvalue weighted by Gasteiger charge is -2.51. The quantitative estimate of drug-likeness (QED) is 0.625. The lowest BCUT2D eigenvalue weighted by molar-refractivity contribution is -0.149. The van der Waals surface area contributed by atoms with Gasteiger partial charge in [0.2, 0.25) is 11.8 Å². The van der Waals surface area contributed by atoms with Gasteiger partial charge < -0.3 is 5.11 Å². The number of carboxylic acid groups (broad SMARTS) is 1. The van der Waals surface area contributed by atoms with E-state index in [2.05, 4.69) is 0 Å². The van der Waals surface area contributed by atoms with Crippen LogP contribution < -0.4 is 4.90 Å². The molecule has 1 heterocycles. The van der Waals surface area contributed by atoms with Crippen LogP contribution >= 0.6 is 11.6 Å². The van der Waals surface area contributed by atoms with Gasteiger partial charge in [0.1, 0.15) is 5.41 Å². The number of carboxylic acids is 1. The van der Waals surface area contributed by atoms with E-state index < -0.39 is 35.0 Å². The number of amides is 2. The summed E-state index contributed by atoms with van der Waals surface area (Å²) >= 11 is 6.33. The maximum atomic E-state index is 13.8. The van der Waals surface area contributed by atoms with Crippen LogP contribution in [0.2, 0.25) is 5.02 Å². The van der Waals surface area contributed by atoms with Gasteiger partial charge in [0.05, 0.1) is 22.5 Å². The van der Waals surface area contributed by atoms with Gasteiger partial charge in [-0.05, 0) is 34.4 Å². The lowest BCUT2D eigenvalue weighted by atomic mass is 9.47. The molecular formula is C25H16ClNO4. The molecular weight excluding hydrogens is 414 g/mol. The molecule has 6 heteroatoms. The molecule has 4 aliphatic rings. The zero-order valence-corrected chi connectivity index (χ0v) is 16.9. The van der Waals surface area contributed by atoms with E-state index in [1.807, 2.05) is 24.3 Å². The molecule has 1 fully saturated rings. The first-order chi connectivity index (χ1) is 15.0. The zero-order chi connectivity index (χ0) is 21.5. The summed E-state index contributed by atoms with van der Waals surface area (Å²) in [5.74, 6) is -4.26. The van der Waals surface area contributed by atoms with Crippen LogP contribution in [0.3, 0.4) is 0 Å². The summed E-state index contributed by atoms with van der Waals surface area (Å²) < 4.78 is 0. The number of nitrogens with zero attached hydrogens (tertiary/aromatic N) is 1. The molecule has 0 radical (unpaired) electrons. The third-order valence-corrected chi connectivity index (χ3v) is 7.37. The second-order valence-electron chi connectivity index (χ2n) is 8.23. The van der Waals surface area contributed by atoms with Crippen LogP contribution in [0.25, 0.3) is 0 Å². The minimum Gasteiger partial charge on any atom is -0.480 e. The second kappa shape index (κ2) is 6.05. The van der Waals surface area contributed by atoms with Gasteiger partial charge in [-0.15, -0.1) is 0 Å². The minimum absolute atomic E-state index is 0.273. The molecule has 0 saturated carbocycles. The van der Waals surface area contributed by atoms with Crippen molar-refractivity contribution < 1.29 is 19.5 Å². The third-order valence-electron chi connectivity index (χ3n) is 7.05. The number of rotatable bonds is 2. The Morgan fingerprint density at radius 3 is 1.97 bits per heavy atom. The Morgan fingerprint density at radius 2 is 1.39 bits per heavy atom. The Labute approximate surface area is 182 Å². The molecule has 3 aromatic rings. The number of hydrogen-bond acceptors (Lipinski definition) is 3. The highest BCUT2D eigenvalue weighted by atomic mass is 35.5. The number of aliphatic carboxylic acids is 1. The molecule has 7 rings (SSSR count). The molecule has 1 aliphatic heterocycles. The van der Waals surface area contributed by atoms with Gasteiger partial charge in [-0.2, -0.15) is 0 Å². The number of para-hydroxylation sites is 1. The van der Waals surface area contributed by atoms with Gasteiger partial charge >= 0.3 is 5.97 Å². The first-order valence-electron chi connectivity index (χ1n) is 10.0. The Morgan fingerprint density at radius 1 is 0.839 bits per heavy atom. The number of carbonyl (C=O) groups excluding carboxylic acids is 2. The molecule has 0 unspecified atom stereocenters. The standard InChI is InChI=1S/C25H16ClNO4/c26-17-11-5-6-12-18(17)27-22(28)20-19-13-7-1-3-9-15(13)25(24(30)31,21(20)23(27)29)16-10-4-2-8-14(16)19/h1-12,19-21H,(H,30,31)/t19?,20-,21+,25?/m0/s1. The average Bonchev–Trinajstić information content (AvgIpc) is 3.05. The van der Waals surface area contributed by atoms with E-state index in [9.17, 15) is 19.5 Å². The van der Waals surface area contributed by atoms with E-state index in [0.29, 0.717) is 16.8 Å². The van der Waals surface area contributed by atoms with Crippen LogP contribution in [0.5, 0.6) is 0 Å². The smallest absolute Gasteiger partial charge is 0.319 e. The fourth-order valence-corrected chi connectivity index (χ4v) is 6.23. The molecule has 31 heavy (non-hydrogen) atoms. The molecule has 2 atom stereocenters. The Kier molecular flexibility index (Phi) is 3.58. The van der Waals surface area contributed by atoms with Gasteiger partial charge in [0.15, 0.2) is 0 Å².